The van der Waals surface area contributed by atoms with E-state index in [0.29, 0.717) is 41.5 Å². The summed E-state index contributed by atoms with van der Waals surface area (Å²) in [7, 11) is 0. The standard InChI is InChI=1S/C34H41FN2O4/c1-20-28(23-10-14-25(15-11-23)40-17-16-22-8-12-24(35)13-9-22)30(37-18-26-27(19-37)34(26,6)7)29(21(2)36-20)31(32(38)39)41-33(3,4)5/h8-15,26-27,31H,16-19H2,1-7H3,(H,38,39)/t26?,27?,31-/m0/s1. The Kier molecular flexibility index (Phi) is 7.62. The van der Waals surface area contributed by atoms with E-state index < -0.39 is 17.7 Å². The van der Waals surface area contributed by atoms with Crippen molar-refractivity contribution in [3.05, 3.63) is 76.9 Å². The first-order valence-corrected chi connectivity index (χ1v) is 14.4. The lowest BCUT2D eigenvalue weighted by Crippen LogP contribution is -2.33. The number of fused-ring (bicyclic) bond motifs is 1. The van der Waals surface area contributed by atoms with E-state index in [9.17, 15) is 14.3 Å². The molecule has 0 radical (unpaired) electrons. The normalized spacial score (nSPS) is 20.0. The number of aryl methyl sites for hydroxylation is 2. The van der Waals surface area contributed by atoms with Crippen molar-refractivity contribution in [2.75, 3.05) is 24.6 Å². The molecule has 1 aliphatic carbocycles. The molecule has 0 spiro atoms. The average molecular weight is 561 g/mol. The molecule has 1 aliphatic heterocycles. The lowest BCUT2D eigenvalue weighted by molar-refractivity contribution is -0.160. The maximum atomic E-state index is 13.2. The van der Waals surface area contributed by atoms with Crippen LogP contribution in [0.15, 0.2) is 48.5 Å². The Morgan fingerprint density at radius 2 is 1.66 bits per heavy atom. The van der Waals surface area contributed by atoms with Gasteiger partial charge in [-0.05, 0) is 87.3 Å². The Labute approximate surface area is 242 Å². The van der Waals surface area contributed by atoms with Crippen molar-refractivity contribution in [2.24, 2.45) is 17.3 Å². The van der Waals surface area contributed by atoms with E-state index in [-0.39, 0.29) is 5.82 Å². The molecule has 218 valence electrons. The maximum absolute atomic E-state index is 13.2. The van der Waals surface area contributed by atoms with Crippen LogP contribution in [0.2, 0.25) is 0 Å². The van der Waals surface area contributed by atoms with Gasteiger partial charge in [-0.2, -0.15) is 0 Å². The van der Waals surface area contributed by atoms with Gasteiger partial charge in [-0.3, -0.25) is 4.98 Å². The predicted molar refractivity (Wildman–Crippen MR) is 159 cm³/mol. The smallest absolute Gasteiger partial charge is 0.337 e. The Morgan fingerprint density at radius 1 is 1.05 bits per heavy atom. The van der Waals surface area contributed by atoms with Gasteiger partial charge < -0.3 is 19.5 Å². The molecule has 2 heterocycles. The summed E-state index contributed by atoms with van der Waals surface area (Å²) in [5.74, 6) is 0.638. The van der Waals surface area contributed by atoms with E-state index in [1.165, 1.54) is 12.1 Å². The summed E-state index contributed by atoms with van der Waals surface area (Å²) in [6, 6.07) is 14.4. The van der Waals surface area contributed by atoms with E-state index in [0.717, 1.165) is 46.9 Å². The number of halogens is 1. The Hall–Kier alpha value is -3.45. The molecule has 7 heteroatoms. The first-order chi connectivity index (χ1) is 19.3. The second-order valence-corrected chi connectivity index (χ2v) is 13.1. The van der Waals surface area contributed by atoms with Gasteiger partial charge in [-0.15, -0.1) is 0 Å². The molecule has 2 unspecified atom stereocenters. The number of benzene rings is 2. The summed E-state index contributed by atoms with van der Waals surface area (Å²) < 4.78 is 25.4. The van der Waals surface area contributed by atoms with Gasteiger partial charge in [0.25, 0.3) is 0 Å². The number of carboxylic acids is 1. The van der Waals surface area contributed by atoms with Crippen molar-refractivity contribution >= 4 is 11.7 Å². The van der Waals surface area contributed by atoms with Crippen LogP contribution in [-0.2, 0) is 16.0 Å². The van der Waals surface area contributed by atoms with Crippen LogP contribution in [0.3, 0.4) is 0 Å². The fourth-order valence-electron chi connectivity index (χ4n) is 6.39. The van der Waals surface area contributed by atoms with Crippen LogP contribution >= 0.6 is 0 Å². The molecule has 1 saturated heterocycles. The fraction of sp³-hybridized carbons (Fsp3) is 0.471. The summed E-state index contributed by atoms with van der Waals surface area (Å²) >= 11 is 0. The van der Waals surface area contributed by atoms with Crippen molar-refractivity contribution in [1.82, 2.24) is 4.98 Å². The monoisotopic (exact) mass is 560 g/mol. The second kappa shape index (κ2) is 10.8. The molecule has 1 saturated carbocycles. The quantitative estimate of drug-likeness (QED) is 0.299. The Bertz CT molecular complexity index is 1410. The highest BCUT2D eigenvalue weighted by Crippen LogP contribution is 2.63. The first kappa shape index (κ1) is 29.1. The fourth-order valence-corrected chi connectivity index (χ4v) is 6.39. The number of anilines is 1. The molecule has 0 bridgehead atoms. The van der Waals surface area contributed by atoms with Gasteiger partial charge in [0.15, 0.2) is 6.10 Å². The minimum atomic E-state index is -1.14. The molecule has 3 aromatic rings. The number of hydrogen-bond donors (Lipinski definition) is 1. The molecule has 2 aromatic carbocycles. The number of hydrogen-bond acceptors (Lipinski definition) is 5. The van der Waals surface area contributed by atoms with E-state index in [4.69, 9.17) is 14.5 Å². The van der Waals surface area contributed by atoms with E-state index in [2.05, 4.69) is 18.7 Å². The van der Waals surface area contributed by atoms with Crippen LogP contribution in [0.4, 0.5) is 10.1 Å². The van der Waals surface area contributed by atoms with Gasteiger partial charge in [0.2, 0.25) is 0 Å². The van der Waals surface area contributed by atoms with Gasteiger partial charge >= 0.3 is 5.97 Å². The third-order valence-corrected chi connectivity index (χ3v) is 8.69. The van der Waals surface area contributed by atoms with Crippen LogP contribution < -0.4 is 9.64 Å². The molecular weight excluding hydrogens is 519 g/mol. The lowest BCUT2D eigenvalue weighted by atomic mass is 9.93. The number of aromatic nitrogens is 1. The van der Waals surface area contributed by atoms with Crippen molar-refractivity contribution in [3.63, 3.8) is 0 Å². The SMILES string of the molecule is Cc1nc(C)c([C@H](OC(C)(C)C)C(=O)O)c(N2CC3C(C2)C3(C)C)c1-c1ccc(OCCc2ccc(F)cc2)cc1. The number of nitrogens with zero attached hydrogens (tertiary/aromatic N) is 2. The molecule has 6 nitrogen and oxygen atoms in total. The topological polar surface area (TPSA) is 71.9 Å². The van der Waals surface area contributed by atoms with E-state index in [1.807, 2.05) is 58.9 Å². The molecule has 1 N–H and O–H groups in total. The number of carbonyl (C=O) groups is 1. The third kappa shape index (κ3) is 5.96. The van der Waals surface area contributed by atoms with Gasteiger partial charge in [0, 0.05) is 42.0 Å². The summed E-state index contributed by atoms with van der Waals surface area (Å²) in [5, 5.41) is 10.4. The summed E-state index contributed by atoms with van der Waals surface area (Å²) in [6.45, 7) is 16.4. The van der Waals surface area contributed by atoms with Crippen molar-refractivity contribution in [3.8, 4) is 16.9 Å². The highest BCUT2D eigenvalue weighted by Gasteiger charge is 2.62. The molecule has 0 amide bonds. The number of ether oxygens (including phenoxy) is 2. The van der Waals surface area contributed by atoms with Gasteiger partial charge in [-0.1, -0.05) is 38.1 Å². The number of pyridine rings is 1. The summed E-state index contributed by atoms with van der Waals surface area (Å²) in [5.41, 5.74) is 5.65. The van der Waals surface area contributed by atoms with Crippen molar-refractivity contribution < 1.29 is 23.8 Å². The highest BCUT2D eigenvalue weighted by molar-refractivity contribution is 5.88. The summed E-state index contributed by atoms with van der Waals surface area (Å²) in [4.78, 5) is 19.9. The average Bonchev–Trinajstić information content (AvgIpc) is 3.20. The predicted octanol–water partition coefficient (Wildman–Crippen LogP) is 7.16. The van der Waals surface area contributed by atoms with Gasteiger partial charge in [-0.25, -0.2) is 9.18 Å². The molecule has 1 aromatic heterocycles. The minimum absolute atomic E-state index is 0.247. The number of carboxylic acid groups (broad SMARTS) is 1. The van der Waals surface area contributed by atoms with Crippen LogP contribution in [0.1, 0.15) is 63.2 Å². The molecule has 2 aliphatic rings. The molecule has 3 atom stereocenters. The molecule has 41 heavy (non-hydrogen) atoms. The third-order valence-electron chi connectivity index (χ3n) is 8.69. The zero-order valence-electron chi connectivity index (χ0n) is 25.1. The number of piperidine rings is 1. The summed E-state index contributed by atoms with van der Waals surface area (Å²) in [6.07, 6.45) is -0.468. The Morgan fingerprint density at radius 3 is 2.22 bits per heavy atom. The second-order valence-electron chi connectivity index (χ2n) is 13.1. The Balaban J connectivity index is 1.49. The molecular formula is C34H41FN2O4. The highest BCUT2D eigenvalue weighted by atomic mass is 19.1. The van der Waals surface area contributed by atoms with Crippen LogP contribution in [0.5, 0.6) is 5.75 Å². The largest absolute Gasteiger partial charge is 0.493 e. The minimum Gasteiger partial charge on any atom is -0.493 e. The van der Waals surface area contributed by atoms with Crippen molar-refractivity contribution in [2.45, 2.75) is 66.6 Å². The molecule has 5 rings (SSSR count). The maximum Gasteiger partial charge on any atom is 0.337 e. The van der Waals surface area contributed by atoms with Gasteiger partial charge in [0.05, 0.1) is 17.9 Å². The van der Waals surface area contributed by atoms with E-state index in [1.54, 1.807) is 12.1 Å². The first-order valence-electron chi connectivity index (χ1n) is 14.4. The zero-order valence-corrected chi connectivity index (χ0v) is 25.1. The van der Waals surface area contributed by atoms with Crippen LogP contribution in [0.25, 0.3) is 11.1 Å². The number of aliphatic carboxylic acids is 1. The zero-order chi connectivity index (χ0) is 29.7. The van der Waals surface area contributed by atoms with Crippen LogP contribution in [-0.4, -0.2) is 41.4 Å². The van der Waals surface area contributed by atoms with Crippen LogP contribution in [0, 0.1) is 36.9 Å². The molecule has 2 fully saturated rings. The van der Waals surface area contributed by atoms with E-state index >= 15 is 0 Å². The lowest BCUT2D eigenvalue weighted by Gasteiger charge is -2.34. The van der Waals surface area contributed by atoms with Crippen molar-refractivity contribution in [1.29, 1.82) is 0 Å². The van der Waals surface area contributed by atoms with Gasteiger partial charge in [0.1, 0.15) is 11.6 Å². The number of rotatable bonds is 9.